The fourth-order valence-corrected chi connectivity index (χ4v) is 3.58. The first-order valence-electron chi connectivity index (χ1n) is 8.57. The van der Waals surface area contributed by atoms with Gasteiger partial charge in [0.15, 0.2) is 0 Å². The lowest BCUT2D eigenvalue weighted by molar-refractivity contribution is 0.0880. The van der Waals surface area contributed by atoms with Gasteiger partial charge in [0.05, 0.1) is 5.56 Å². The van der Waals surface area contributed by atoms with E-state index in [4.69, 9.17) is 0 Å². The van der Waals surface area contributed by atoms with Gasteiger partial charge in [-0.05, 0) is 43.7 Å². The maximum atomic E-state index is 13.7. The fraction of sp³-hybridized carbons (Fsp3) is 0.500. The lowest BCUT2D eigenvalue weighted by Crippen LogP contribution is -2.47. The van der Waals surface area contributed by atoms with Crippen molar-refractivity contribution in [2.24, 2.45) is 11.8 Å². The lowest BCUT2D eigenvalue weighted by atomic mass is 9.83. The molecule has 0 aliphatic carbocycles. The highest BCUT2D eigenvalue weighted by atomic mass is 19.1. The number of carbonyl (C=O) groups excluding carboxylic acids is 1. The Kier molecular flexibility index (Phi) is 5.58. The Bertz CT molecular complexity index is 715. The molecule has 2 aromatic rings. The molecule has 0 atom stereocenters. The van der Waals surface area contributed by atoms with Crippen LogP contribution in [0.4, 0.5) is 4.39 Å². The monoisotopic (exact) mass is 330 g/mol. The van der Waals surface area contributed by atoms with Crippen LogP contribution in [0.15, 0.2) is 30.5 Å². The largest absolute Gasteiger partial charge is 0.347 e. The summed E-state index contributed by atoms with van der Waals surface area (Å²) in [6.45, 7) is 10.7. The second kappa shape index (κ2) is 7.29. The Morgan fingerprint density at radius 3 is 2.42 bits per heavy atom. The summed E-state index contributed by atoms with van der Waals surface area (Å²) in [5.41, 5.74) is 0.490. The topological polar surface area (TPSA) is 42.0 Å². The maximum Gasteiger partial charge on any atom is 0.253 e. The molecule has 0 bridgehead atoms. The van der Waals surface area contributed by atoms with Gasteiger partial charge in [-0.25, -0.2) is 4.39 Å². The quantitative estimate of drug-likeness (QED) is 0.814. The van der Waals surface area contributed by atoms with Crippen molar-refractivity contribution in [3.8, 4) is 0 Å². The normalized spacial score (nSPS) is 12.2. The van der Waals surface area contributed by atoms with Crippen LogP contribution in [0.25, 0.3) is 10.9 Å². The predicted octanol–water partition coefficient (Wildman–Crippen LogP) is 4.95. The van der Waals surface area contributed by atoms with Crippen molar-refractivity contribution in [2.45, 2.75) is 53.0 Å². The van der Waals surface area contributed by atoms with Gasteiger partial charge in [-0.3, -0.25) is 9.78 Å². The van der Waals surface area contributed by atoms with E-state index in [1.54, 1.807) is 18.2 Å². The minimum absolute atomic E-state index is 0.155. The molecule has 0 saturated heterocycles. The molecule has 1 N–H and O–H groups in total. The molecule has 1 aromatic carbocycles. The highest BCUT2D eigenvalue weighted by Crippen LogP contribution is 2.25. The molecular weight excluding hydrogens is 303 g/mol. The van der Waals surface area contributed by atoms with Crippen molar-refractivity contribution in [3.63, 3.8) is 0 Å². The molecule has 0 aliphatic rings. The van der Waals surface area contributed by atoms with Gasteiger partial charge >= 0.3 is 0 Å². The number of nitrogens with one attached hydrogen (secondary N) is 1. The van der Waals surface area contributed by atoms with E-state index in [0.29, 0.717) is 28.3 Å². The second-order valence-corrected chi connectivity index (χ2v) is 7.75. The van der Waals surface area contributed by atoms with Gasteiger partial charge in [0, 0.05) is 17.1 Å². The highest BCUT2D eigenvalue weighted by Gasteiger charge is 2.29. The van der Waals surface area contributed by atoms with Crippen molar-refractivity contribution in [1.29, 1.82) is 0 Å². The summed E-state index contributed by atoms with van der Waals surface area (Å²) in [5, 5.41) is 3.82. The van der Waals surface area contributed by atoms with Gasteiger partial charge < -0.3 is 5.32 Å². The van der Waals surface area contributed by atoms with Crippen LogP contribution in [0, 0.1) is 17.7 Å². The van der Waals surface area contributed by atoms with Crippen molar-refractivity contribution in [1.82, 2.24) is 10.3 Å². The summed E-state index contributed by atoms with van der Waals surface area (Å²) in [6, 6.07) is 6.47. The standard InChI is InChI=1S/C20H27FN2O/c1-13(2)10-20(5,11-14(3)4)23-19(24)16-9-15-7-6-8-17(21)18(15)22-12-16/h6-9,12-14H,10-11H2,1-5H3,(H,23,24). The third-order valence-corrected chi connectivity index (χ3v) is 4.06. The first kappa shape index (κ1) is 18.4. The van der Waals surface area contributed by atoms with Crippen molar-refractivity contribution >= 4 is 16.8 Å². The summed E-state index contributed by atoms with van der Waals surface area (Å²) in [6.07, 6.45) is 3.27. The van der Waals surface area contributed by atoms with Crippen LogP contribution in [0.5, 0.6) is 0 Å². The molecular formula is C20H27FN2O. The SMILES string of the molecule is CC(C)CC(C)(CC(C)C)NC(=O)c1cnc2c(F)cccc2c1. The van der Waals surface area contributed by atoms with E-state index in [-0.39, 0.29) is 17.3 Å². The summed E-state index contributed by atoms with van der Waals surface area (Å²) in [4.78, 5) is 16.8. The Labute approximate surface area is 143 Å². The van der Waals surface area contributed by atoms with E-state index < -0.39 is 0 Å². The zero-order valence-corrected chi connectivity index (χ0v) is 15.2. The third-order valence-electron chi connectivity index (χ3n) is 4.06. The molecule has 130 valence electrons. The molecule has 1 amide bonds. The van der Waals surface area contributed by atoms with Crippen LogP contribution in [0.1, 0.15) is 57.8 Å². The van der Waals surface area contributed by atoms with Crippen LogP contribution in [-0.2, 0) is 0 Å². The number of para-hydroxylation sites is 1. The molecule has 0 radical (unpaired) electrons. The molecule has 0 spiro atoms. The number of hydrogen-bond acceptors (Lipinski definition) is 2. The third kappa shape index (κ3) is 4.53. The fourth-order valence-electron chi connectivity index (χ4n) is 3.58. The summed E-state index contributed by atoms with van der Waals surface area (Å²) in [7, 11) is 0. The van der Waals surface area contributed by atoms with E-state index >= 15 is 0 Å². The van der Waals surface area contributed by atoms with E-state index in [9.17, 15) is 9.18 Å². The van der Waals surface area contributed by atoms with Crippen molar-refractivity contribution in [3.05, 3.63) is 41.8 Å². The zero-order chi connectivity index (χ0) is 17.9. The van der Waals surface area contributed by atoms with Gasteiger partial charge in [-0.15, -0.1) is 0 Å². The molecule has 0 saturated carbocycles. The van der Waals surface area contributed by atoms with Gasteiger partial charge in [-0.2, -0.15) is 0 Å². The van der Waals surface area contributed by atoms with Crippen LogP contribution in [0.3, 0.4) is 0 Å². The molecule has 0 unspecified atom stereocenters. The molecule has 1 aromatic heterocycles. The zero-order valence-electron chi connectivity index (χ0n) is 15.2. The number of benzene rings is 1. The Balaban J connectivity index is 2.26. The number of carbonyl (C=O) groups is 1. The van der Waals surface area contributed by atoms with Gasteiger partial charge in [-0.1, -0.05) is 39.8 Å². The van der Waals surface area contributed by atoms with Crippen LogP contribution >= 0.6 is 0 Å². The van der Waals surface area contributed by atoms with Crippen molar-refractivity contribution < 1.29 is 9.18 Å². The number of rotatable bonds is 6. The lowest BCUT2D eigenvalue weighted by Gasteiger charge is -2.34. The second-order valence-electron chi connectivity index (χ2n) is 7.75. The van der Waals surface area contributed by atoms with E-state index in [1.165, 1.54) is 12.3 Å². The Hall–Kier alpha value is -1.97. The molecule has 0 fully saturated rings. The first-order chi connectivity index (χ1) is 11.2. The summed E-state index contributed by atoms with van der Waals surface area (Å²) in [5.74, 6) is 0.442. The van der Waals surface area contributed by atoms with Crippen LogP contribution < -0.4 is 5.32 Å². The number of fused-ring (bicyclic) bond motifs is 1. The number of amides is 1. The van der Waals surface area contributed by atoms with E-state index in [0.717, 1.165) is 12.8 Å². The number of pyridine rings is 1. The molecule has 4 heteroatoms. The number of nitrogens with zero attached hydrogens (tertiary/aromatic N) is 1. The minimum atomic E-state index is -0.371. The van der Waals surface area contributed by atoms with Crippen molar-refractivity contribution in [2.75, 3.05) is 0 Å². The highest BCUT2D eigenvalue weighted by molar-refractivity contribution is 5.97. The minimum Gasteiger partial charge on any atom is -0.347 e. The number of hydrogen-bond donors (Lipinski definition) is 1. The smallest absolute Gasteiger partial charge is 0.253 e. The Morgan fingerprint density at radius 2 is 1.83 bits per heavy atom. The van der Waals surface area contributed by atoms with Gasteiger partial charge in [0.25, 0.3) is 5.91 Å². The van der Waals surface area contributed by atoms with E-state index in [1.807, 2.05) is 0 Å². The predicted molar refractivity (Wildman–Crippen MR) is 96.5 cm³/mol. The van der Waals surface area contributed by atoms with Crippen LogP contribution in [0.2, 0.25) is 0 Å². The Morgan fingerprint density at radius 1 is 1.21 bits per heavy atom. The summed E-state index contributed by atoms with van der Waals surface area (Å²) < 4.78 is 13.7. The van der Waals surface area contributed by atoms with E-state index in [2.05, 4.69) is 44.9 Å². The molecule has 24 heavy (non-hydrogen) atoms. The first-order valence-corrected chi connectivity index (χ1v) is 8.57. The van der Waals surface area contributed by atoms with Gasteiger partial charge in [0.2, 0.25) is 0 Å². The maximum absolute atomic E-state index is 13.7. The average Bonchev–Trinajstić information content (AvgIpc) is 2.44. The molecule has 2 rings (SSSR count). The average molecular weight is 330 g/mol. The molecule has 1 heterocycles. The molecule has 0 aliphatic heterocycles. The number of halogens is 1. The number of aromatic nitrogens is 1. The molecule has 3 nitrogen and oxygen atoms in total. The van der Waals surface area contributed by atoms with Gasteiger partial charge in [0.1, 0.15) is 11.3 Å². The summed E-state index contributed by atoms with van der Waals surface area (Å²) >= 11 is 0. The van der Waals surface area contributed by atoms with Crippen LogP contribution in [-0.4, -0.2) is 16.4 Å².